The second-order valence-electron chi connectivity index (χ2n) is 6.52. The average Bonchev–Trinajstić information content (AvgIpc) is 2.65. The Morgan fingerprint density at radius 2 is 1.74 bits per heavy atom. The minimum Gasteiger partial charge on any atom is -0.492 e. The molecule has 0 aliphatic rings. The van der Waals surface area contributed by atoms with Crippen LogP contribution in [0, 0.1) is 5.92 Å². The van der Waals surface area contributed by atoms with Crippen molar-refractivity contribution in [2.24, 2.45) is 5.92 Å². The number of carbonyl (C=O) groups is 2. The normalized spacial score (nSPS) is 10.6. The number of carbonyl (C=O) groups excluding carboxylic acids is 2. The number of nitrogens with one attached hydrogen (secondary N) is 1. The van der Waals surface area contributed by atoms with Crippen molar-refractivity contribution in [3.05, 3.63) is 58.1 Å². The molecular formula is C21H24BrNO4. The zero-order chi connectivity index (χ0) is 19.8. The van der Waals surface area contributed by atoms with Gasteiger partial charge in [-0.15, -0.1) is 0 Å². The van der Waals surface area contributed by atoms with Gasteiger partial charge in [0, 0.05) is 11.3 Å². The number of rotatable bonds is 8. The Morgan fingerprint density at radius 1 is 1.07 bits per heavy atom. The molecule has 0 unspecified atom stereocenters. The fraction of sp³-hybridized carbons (Fsp3) is 0.333. The molecule has 0 bridgehead atoms. The highest BCUT2D eigenvalue weighted by Gasteiger charge is 2.11. The molecule has 0 radical (unpaired) electrons. The first-order valence-electron chi connectivity index (χ1n) is 8.91. The number of hydrogen-bond donors (Lipinski definition) is 1. The molecular weight excluding hydrogens is 410 g/mol. The molecule has 0 fully saturated rings. The Bertz CT molecular complexity index is 787. The van der Waals surface area contributed by atoms with Gasteiger partial charge in [0.2, 0.25) is 0 Å². The lowest BCUT2D eigenvalue weighted by Gasteiger charge is -2.12. The molecule has 2 aromatic rings. The third-order valence-electron chi connectivity index (χ3n) is 3.58. The van der Waals surface area contributed by atoms with Gasteiger partial charge in [0.15, 0.2) is 0 Å². The quantitative estimate of drug-likeness (QED) is 0.573. The summed E-state index contributed by atoms with van der Waals surface area (Å²) in [6, 6.07) is 11.8. The van der Waals surface area contributed by atoms with Crippen LogP contribution in [0.2, 0.25) is 0 Å². The molecule has 0 spiro atoms. The number of hydrogen-bond acceptors (Lipinski definition) is 4. The van der Waals surface area contributed by atoms with Crippen LogP contribution in [0.3, 0.4) is 0 Å². The maximum Gasteiger partial charge on any atom is 0.338 e. The predicted octanol–water partition coefficient (Wildman–Crippen LogP) is 5.30. The van der Waals surface area contributed by atoms with Crippen molar-refractivity contribution in [3.63, 3.8) is 0 Å². The second-order valence-corrected chi connectivity index (χ2v) is 7.37. The molecule has 6 heteroatoms. The summed E-state index contributed by atoms with van der Waals surface area (Å²) in [6.07, 6.45) is 0.775. The molecule has 144 valence electrons. The zero-order valence-corrected chi connectivity index (χ0v) is 17.3. The number of ether oxygens (including phenoxy) is 2. The molecule has 0 aromatic heterocycles. The molecule has 0 saturated carbocycles. The molecule has 0 heterocycles. The van der Waals surface area contributed by atoms with E-state index in [4.69, 9.17) is 9.47 Å². The van der Waals surface area contributed by atoms with Gasteiger partial charge in [-0.25, -0.2) is 4.79 Å². The van der Waals surface area contributed by atoms with Crippen LogP contribution in [0.1, 0.15) is 47.9 Å². The molecule has 0 atom stereocenters. The third-order valence-corrected chi connectivity index (χ3v) is 4.20. The SMILES string of the molecule is CCCOC(=O)c1ccc(NC(=O)c2ccc(OCC(C)C)c(Br)c2)cc1. The molecule has 1 N–H and O–H groups in total. The van der Waals surface area contributed by atoms with Crippen molar-refractivity contribution in [2.75, 3.05) is 18.5 Å². The highest BCUT2D eigenvalue weighted by Crippen LogP contribution is 2.27. The van der Waals surface area contributed by atoms with Gasteiger partial charge >= 0.3 is 5.97 Å². The van der Waals surface area contributed by atoms with Gasteiger partial charge in [-0.05, 0) is 70.7 Å². The van der Waals surface area contributed by atoms with Crippen molar-refractivity contribution in [1.29, 1.82) is 0 Å². The number of amides is 1. The van der Waals surface area contributed by atoms with Gasteiger partial charge in [-0.2, -0.15) is 0 Å². The highest BCUT2D eigenvalue weighted by molar-refractivity contribution is 9.10. The van der Waals surface area contributed by atoms with Gasteiger partial charge in [0.25, 0.3) is 5.91 Å². The van der Waals surface area contributed by atoms with E-state index in [1.165, 1.54) is 0 Å². The fourth-order valence-corrected chi connectivity index (χ4v) is 2.68. The summed E-state index contributed by atoms with van der Waals surface area (Å²) in [4.78, 5) is 24.2. The third kappa shape index (κ3) is 6.40. The number of esters is 1. The molecule has 27 heavy (non-hydrogen) atoms. The van der Waals surface area contributed by atoms with Gasteiger partial charge in [0.05, 0.1) is 23.2 Å². The lowest BCUT2D eigenvalue weighted by atomic mass is 10.1. The van der Waals surface area contributed by atoms with Crippen LogP contribution in [0.4, 0.5) is 5.69 Å². The minimum absolute atomic E-state index is 0.243. The van der Waals surface area contributed by atoms with E-state index in [1.807, 2.05) is 6.92 Å². The lowest BCUT2D eigenvalue weighted by molar-refractivity contribution is 0.0505. The van der Waals surface area contributed by atoms with Crippen LogP contribution in [0.25, 0.3) is 0 Å². The first-order valence-corrected chi connectivity index (χ1v) is 9.71. The Labute approximate surface area is 168 Å². The van der Waals surface area contributed by atoms with Crippen molar-refractivity contribution in [3.8, 4) is 5.75 Å². The Hall–Kier alpha value is -2.34. The summed E-state index contributed by atoms with van der Waals surface area (Å²) >= 11 is 3.44. The van der Waals surface area contributed by atoms with Crippen LogP contribution in [0.5, 0.6) is 5.75 Å². The molecule has 2 aromatic carbocycles. The summed E-state index contributed by atoms with van der Waals surface area (Å²) in [5, 5.41) is 2.81. The van der Waals surface area contributed by atoms with Crippen LogP contribution >= 0.6 is 15.9 Å². The minimum atomic E-state index is -0.365. The van der Waals surface area contributed by atoms with Crippen molar-refractivity contribution in [2.45, 2.75) is 27.2 Å². The fourth-order valence-electron chi connectivity index (χ4n) is 2.19. The number of anilines is 1. The van der Waals surface area contributed by atoms with Gasteiger partial charge in [0.1, 0.15) is 5.75 Å². The Balaban J connectivity index is 2.00. The van der Waals surface area contributed by atoms with E-state index in [2.05, 4.69) is 35.1 Å². The number of benzene rings is 2. The lowest BCUT2D eigenvalue weighted by Crippen LogP contribution is -2.12. The summed E-state index contributed by atoms with van der Waals surface area (Å²) in [7, 11) is 0. The van der Waals surface area contributed by atoms with E-state index in [0.29, 0.717) is 41.7 Å². The van der Waals surface area contributed by atoms with E-state index in [0.717, 1.165) is 10.9 Å². The number of halogens is 1. The van der Waals surface area contributed by atoms with Crippen LogP contribution in [0.15, 0.2) is 46.9 Å². The first-order chi connectivity index (χ1) is 12.9. The summed E-state index contributed by atoms with van der Waals surface area (Å²) in [5.41, 5.74) is 1.56. The van der Waals surface area contributed by atoms with Crippen LogP contribution in [-0.4, -0.2) is 25.1 Å². The summed E-state index contributed by atoms with van der Waals surface area (Å²) in [5.74, 6) is 0.514. The highest BCUT2D eigenvalue weighted by atomic mass is 79.9. The Kier molecular flexibility index (Phi) is 7.85. The smallest absolute Gasteiger partial charge is 0.338 e. The van der Waals surface area contributed by atoms with E-state index in [1.54, 1.807) is 42.5 Å². The maximum atomic E-state index is 12.4. The van der Waals surface area contributed by atoms with Crippen LogP contribution in [-0.2, 0) is 4.74 Å². The molecule has 0 saturated heterocycles. The van der Waals surface area contributed by atoms with E-state index < -0.39 is 0 Å². The zero-order valence-electron chi connectivity index (χ0n) is 15.8. The second kappa shape index (κ2) is 10.1. The van der Waals surface area contributed by atoms with Gasteiger partial charge in [-0.1, -0.05) is 20.8 Å². The summed E-state index contributed by atoms with van der Waals surface area (Å²) in [6.45, 7) is 7.09. The Morgan fingerprint density at radius 3 is 2.33 bits per heavy atom. The molecule has 0 aliphatic carbocycles. The molecule has 5 nitrogen and oxygen atoms in total. The standard InChI is InChI=1S/C21H24BrNO4/c1-4-11-26-21(25)15-5-8-17(9-6-15)23-20(24)16-7-10-19(18(22)12-16)27-13-14(2)3/h5-10,12,14H,4,11,13H2,1-3H3,(H,23,24). The molecule has 0 aliphatic heterocycles. The van der Waals surface area contributed by atoms with Crippen molar-refractivity contribution >= 4 is 33.5 Å². The van der Waals surface area contributed by atoms with Gasteiger partial charge < -0.3 is 14.8 Å². The van der Waals surface area contributed by atoms with Crippen molar-refractivity contribution in [1.82, 2.24) is 0 Å². The van der Waals surface area contributed by atoms with E-state index in [9.17, 15) is 9.59 Å². The van der Waals surface area contributed by atoms with Gasteiger partial charge in [-0.3, -0.25) is 4.79 Å². The molecule has 2 rings (SSSR count). The van der Waals surface area contributed by atoms with E-state index >= 15 is 0 Å². The van der Waals surface area contributed by atoms with Crippen LogP contribution < -0.4 is 10.1 Å². The molecule has 1 amide bonds. The average molecular weight is 434 g/mol. The van der Waals surface area contributed by atoms with Crippen molar-refractivity contribution < 1.29 is 19.1 Å². The van der Waals surface area contributed by atoms with E-state index in [-0.39, 0.29) is 11.9 Å². The largest absolute Gasteiger partial charge is 0.492 e. The predicted molar refractivity (Wildman–Crippen MR) is 109 cm³/mol. The first kappa shape index (κ1) is 21.0. The monoisotopic (exact) mass is 433 g/mol. The summed E-state index contributed by atoms with van der Waals surface area (Å²) < 4.78 is 11.5. The topological polar surface area (TPSA) is 64.6 Å². The maximum absolute atomic E-state index is 12.4.